The number of benzene rings is 1. The number of amides is 2. The average Bonchev–Trinajstić information content (AvgIpc) is 2.62. The number of carbonyl (C=O) groups is 1. The molecule has 2 amide bonds. The number of carbonyl (C=O) groups excluding carboxylic acids is 1. The lowest BCUT2D eigenvalue weighted by Gasteiger charge is -2.40. The molecule has 0 spiro atoms. The highest BCUT2D eigenvalue weighted by molar-refractivity contribution is 7.82. The average molecular weight is 389 g/mol. The van der Waals surface area contributed by atoms with Crippen molar-refractivity contribution in [2.24, 2.45) is 0 Å². The molecular weight excluding hydrogens is 366 g/mol. The van der Waals surface area contributed by atoms with Crippen molar-refractivity contribution in [1.29, 1.82) is 0 Å². The second-order valence-corrected chi connectivity index (χ2v) is 6.86. The van der Waals surface area contributed by atoms with E-state index in [9.17, 15) is 24.3 Å². The van der Waals surface area contributed by atoms with Gasteiger partial charge in [0, 0.05) is 25.5 Å². The predicted octanol–water partition coefficient (Wildman–Crippen LogP) is -1.49. The van der Waals surface area contributed by atoms with E-state index in [2.05, 4.69) is 15.4 Å². The fourth-order valence-corrected chi connectivity index (χ4v) is 2.73. The molecule has 1 aliphatic heterocycles. The maximum Gasteiger partial charge on any atom is 0.318 e. The van der Waals surface area contributed by atoms with E-state index in [1.807, 2.05) is 0 Å². The minimum atomic E-state index is -1.49. The minimum Gasteiger partial charge on any atom is -0.462 e. The first kappa shape index (κ1) is 20.6. The maximum atomic E-state index is 11.3. The number of aliphatic hydroxyl groups is 3. The van der Waals surface area contributed by atoms with Gasteiger partial charge in [-0.3, -0.25) is 0 Å². The molecule has 1 aromatic carbocycles. The number of rotatable bonds is 6. The first-order chi connectivity index (χ1) is 12.3. The van der Waals surface area contributed by atoms with Crippen LogP contribution in [-0.2, 0) is 15.7 Å². The fourth-order valence-electron chi connectivity index (χ4n) is 2.33. The van der Waals surface area contributed by atoms with Gasteiger partial charge in [0.15, 0.2) is 0 Å². The normalized spacial score (nSPS) is 29.7. The van der Waals surface area contributed by atoms with Crippen LogP contribution in [0.15, 0.2) is 24.3 Å². The van der Waals surface area contributed by atoms with E-state index in [1.54, 1.807) is 24.3 Å². The van der Waals surface area contributed by atoms with Crippen LogP contribution in [-0.4, -0.2) is 76.1 Å². The number of urea groups is 1. The largest absolute Gasteiger partial charge is 0.462 e. The van der Waals surface area contributed by atoms with Crippen molar-refractivity contribution < 1.29 is 33.8 Å². The lowest BCUT2D eigenvalue weighted by Crippen LogP contribution is -2.61. The number of nitrogens with one attached hydrogen (secondary N) is 3. The van der Waals surface area contributed by atoms with Crippen molar-refractivity contribution in [2.45, 2.75) is 30.7 Å². The van der Waals surface area contributed by atoms with Gasteiger partial charge in [0.05, 0.1) is 11.0 Å². The van der Waals surface area contributed by atoms with Crippen LogP contribution in [0.4, 0.5) is 10.5 Å². The molecule has 146 valence electrons. The summed E-state index contributed by atoms with van der Waals surface area (Å²) in [6.07, 6.45) is -5.06. The zero-order chi connectivity index (χ0) is 19.3. The molecule has 6 N–H and O–H groups in total. The molecule has 2 unspecified atom stereocenters. The first-order valence-electron chi connectivity index (χ1n) is 7.84. The maximum absolute atomic E-state index is 11.3. The third kappa shape index (κ3) is 5.37. The summed E-state index contributed by atoms with van der Waals surface area (Å²) in [6, 6.07) is 5.90. The van der Waals surface area contributed by atoms with Crippen molar-refractivity contribution in [3.8, 4) is 5.75 Å². The molecular formula is C15H23N3O7S. The number of ether oxygens (including phenoxy) is 2. The lowest BCUT2D eigenvalue weighted by molar-refractivity contribution is -0.270. The van der Waals surface area contributed by atoms with Crippen LogP contribution in [0.3, 0.4) is 0 Å². The summed E-state index contributed by atoms with van der Waals surface area (Å²) in [4.78, 5) is 11.3. The Bertz CT molecular complexity index is 630. The SMILES string of the molecule is CNC(=O)Nc1ccc(OC2O[C@H](CNS(C)=O)[C@@H](O)[C@H](O)[C@@H]2O)cc1. The second kappa shape index (κ2) is 9.26. The van der Waals surface area contributed by atoms with Gasteiger partial charge < -0.3 is 35.4 Å². The Morgan fingerprint density at radius 1 is 1.19 bits per heavy atom. The topological polar surface area (TPSA) is 149 Å². The second-order valence-electron chi connectivity index (χ2n) is 5.66. The Kier molecular flexibility index (Phi) is 7.32. The van der Waals surface area contributed by atoms with Crippen molar-refractivity contribution in [3.05, 3.63) is 24.3 Å². The molecule has 1 heterocycles. The molecule has 10 nitrogen and oxygen atoms in total. The Morgan fingerprint density at radius 2 is 1.85 bits per heavy atom. The van der Waals surface area contributed by atoms with Gasteiger partial charge in [0.1, 0.15) is 30.2 Å². The van der Waals surface area contributed by atoms with Crippen molar-refractivity contribution in [2.75, 3.05) is 25.2 Å². The zero-order valence-electron chi connectivity index (χ0n) is 14.3. The van der Waals surface area contributed by atoms with E-state index in [4.69, 9.17) is 9.47 Å². The fraction of sp³-hybridized carbons (Fsp3) is 0.533. The molecule has 6 atom stereocenters. The number of anilines is 1. The summed E-state index contributed by atoms with van der Waals surface area (Å²) in [6.45, 7) is 0.00288. The smallest absolute Gasteiger partial charge is 0.318 e. The van der Waals surface area contributed by atoms with E-state index in [0.717, 1.165) is 0 Å². The van der Waals surface area contributed by atoms with Crippen LogP contribution < -0.4 is 20.1 Å². The van der Waals surface area contributed by atoms with Crippen LogP contribution in [0.1, 0.15) is 0 Å². The monoisotopic (exact) mass is 389 g/mol. The van der Waals surface area contributed by atoms with Crippen LogP contribution in [0.5, 0.6) is 5.75 Å². The van der Waals surface area contributed by atoms with Crippen molar-refractivity contribution >= 4 is 22.7 Å². The van der Waals surface area contributed by atoms with Crippen LogP contribution in [0.25, 0.3) is 0 Å². The van der Waals surface area contributed by atoms with Crippen molar-refractivity contribution in [3.63, 3.8) is 0 Å². The van der Waals surface area contributed by atoms with Gasteiger partial charge in [-0.15, -0.1) is 0 Å². The van der Waals surface area contributed by atoms with E-state index in [-0.39, 0.29) is 12.6 Å². The van der Waals surface area contributed by atoms with Gasteiger partial charge in [-0.2, -0.15) is 0 Å². The molecule has 26 heavy (non-hydrogen) atoms. The Hall–Kier alpha value is -1.76. The van der Waals surface area contributed by atoms with E-state index in [0.29, 0.717) is 11.4 Å². The Balaban J connectivity index is 2.02. The summed E-state index contributed by atoms with van der Waals surface area (Å²) >= 11 is 0. The highest BCUT2D eigenvalue weighted by Crippen LogP contribution is 2.25. The van der Waals surface area contributed by atoms with E-state index < -0.39 is 41.7 Å². The van der Waals surface area contributed by atoms with Gasteiger partial charge >= 0.3 is 6.03 Å². The first-order valence-corrected chi connectivity index (χ1v) is 9.39. The molecule has 0 aromatic heterocycles. The summed E-state index contributed by atoms with van der Waals surface area (Å²) in [5.74, 6) is 0.325. The molecule has 1 aromatic rings. The zero-order valence-corrected chi connectivity index (χ0v) is 15.1. The molecule has 11 heteroatoms. The van der Waals surface area contributed by atoms with Gasteiger partial charge in [0.25, 0.3) is 0 Å². The molecule has 1 aliphatic rings. The molecule has 1 fully saturated rings. The summed E-state index contributed by atoms with van der Waals surface area (Å²) < 4.78 is 24.7. The highest BCUT2D eigenvalue weighted by atomic mass is 32.2. The number of hydrogen-bond acceptors (Lipinski definition) is 7. The van der Waals surface area contributed by atoms with Gasteiger partial charge in [-0.25, -0.2) is 13.7 Å². The van der Waals surface area contributed by atoms with Gasteiger partial charge in [-0.1, -0.05) is 0 Å². The van der Waals surface area contributed by atoms with Crippen LogP contribution >= 0.6 is 0 Å². The highest BCUT2D eigenvalue weighted by Gasteiger charge is 2.44. The Morgan fingerprint density at radius 3 is 2.42 bits per heavy atom. The molecule has 2 rings (SSSR count). The molecule has 0 aliphatic carbocycles. The standard InChI is InChI=1S/C15H23N3O7S/c1-16-15(22)18-8-3-5-9(6-4-8)24-14-13(21)12(20)11(19)10(25-14)7-17-26(2)23/h3-6,10-14,17,19-21H,7H2,1-2H3,(H2,16,18,22)/t10-,11-,12+,13+,14?,26?/m1/s1. The van der Waals surface area contributed by atoms with Gasteiger partial charge in [-0.05, 0) is 24.3 Å². The van der Waals surface area contributed by atoms with Crippen LogP contribution in [0.2, 0.25) is 0 Å². The van der Waals surface area contributed by atoms with E-state index in [1.165, 1.54) is 13.3 Å². The van der Waals surface area contributed by atoms with E-state index >= 15 is 0 Å². The predicted molar refractivity (Wildman–Crippen MR) is 93.9 cm³/mol. The molecule has 0 radical (unpaired) electrons. The molecule has 1 saturated heterocycles. The molecule has 0 saturated carbocycles. The van der Waals surface area contributed by atoms with Crippen molar-refractivity contribution in [1.82, 2.24) is 10.0 Å². The summed E-state index contributed by atoms with van der Waals surface area (Å²) in [5.41, 5.74) is 0.532. The Labute approximate surface area is 153 Å². The third-order valence-corrected chi connectivity index (χ3v) is 4.32. The van der Waals surface area contributed by atoms with Crippen LogP contribution in [0, 0.1) is 0 Å². The molecule has 0 bridgehead atoms. The van der Waals surface area contributed by atoms with Gasteiger partial charge in [0.2, 0.25) is 6.29 Å². The summed E-state index contributed by atoms with van der Waals surface area (Å²) in [7, 11) is 0.168. The third-order valence-electron chi connectivity index (χ3n) is 3.75. The minimum absolute atomic E-state index is 0.00288. The number of aliphatic hydroxyl groups excluding tert-OH is 3. The summed E-state index contributed by atoms with van der Waals surface area (Å²) in [5, 5.41) is 35.0. The lowest BCUT2D eigenvalue weighted by atomic mass is 9.99. The quantitative estimate of drug-likeness (QED) is 0.347. The number of hydrogen-bond donors (Lipinski definition) is 6.